The Bertz CT molecular complexity index is 529. The molecule has 21 heavy (non-hydrogen) atoms. The van der Waals surface area contributed by atoms with Crippen LogP contribution in [0.15, 0.2) is 18.3 Å². The fraction of sp³-hybridized carbons (Fsp3) is 0.571. The molecule has 1 aliphatic heterocycles. The molecule has 0 bridgehead atoms. The van der Waals surface area contributed by atoms with Gasteiger partial charge in [0.25, 0.3) is 0 Å². The SMILES string of the molecule is O=C1CN(c2ccc(C(F)(F)F)cn2)[C@H]2CCCC[C@H]2N1. The Balaban J connectivity index is 1.85. The number of fused-ring (bicyclic) bond motifs is 1. The summed E-state index contributed by atoms with van der Waals surface area (Å²) in [7, 11) is 0. The van der Waals surface area contributed by atoms with Gasteiger partial charge in [0.05, 0.1) is 18.2 Å². The molecule has 3 rings (SSSR count). The molecule has 1 aromatic rings. The predicted molar refractivity (Wildman–Crippen MR) is 70.8 cm³/mol. The highest BCUT2D eigenvalue weighted by atomic mass is 19.4. The summed E-state index contributed by atoms with van der Waals surface area (Å²) in [5.41, 5.74) is -0.770. The van der Waals surface area contributed by atoms with Gasteiger partial charge in [0, 0.05) is 12.2 Å². The molecule has 0 spiro atoms. The van der Waals surface area contributed by atoms with Crippen LogP contribution >= 0.6 is 0 Å². The first-order valence-corrected chi connectivity index (χ1v) is 7.04. The Labute approximate surface area is 120 Å². The first-order chi connectivity index (χ1) is 9.95. The molecule has 4 nitrogen and oxygen atoms in total. The molecule has 1 amide bonds. The summed E-state index contributed by atoms with van der Waals surface area (Å²) in [6, 6.07) is 2.57. The molecule has 1 aromatic heterocycles. The summed E-state index contributed by atoms with van der Waals surface area (Å²) in [5.74, 6) is 0.342. The minimum absolute atomic E-state index is 0.0732. The van der Waals surface area contributed by atoms with Crippen LogP contribution in [0.4, 0.5) is 19.0 Å². The lowest BCUT2D eigenvalue weighted by Crippen LogP contribution is -2.62. The van der Waals surface area contributed by atoms with E-state index in [2.05, 4.69) is 10.3 Å². The number of aromatic nitrogens is 1. The van der Waals surface area contributed by atoms with Gasteiger partial charge in [-0.3, -0.25) is 4.79 Å². The molecule has 2 fully saturated rings. The average molecular weight is 299 g/mol. The van der Waals surface area contributed by atoms with E-state index in [1.54, 1.807) is 0 Å². The fourth-order valence-corrected chi connectivity index (χ4v) is 3.15. The summed E-state index contributed by atoms with van der Waals surface area (Å²) in [5, 5.41) is 2.97. The zero-order valence-electron chi connectivity index (χ0n) is 11.4. The topological polar surface area (TPSA) is 45.2 Å². The minimum atomic E-state index is -4.39. The van der Waals surface area contributed by atoms with Crippen molar-refractivity contribution in [1.29, 1.82) is 0 Å². The van der Waals surface area contributed by atoms with Crippen molar-refractivity contribution in [2.24, 2.45) is 0 Å². The van der Waals surface area contributed by atoms with E-state index in [0.29, 0.717) is 5.82 Å². The molecule has 7 heteroatoms. The van der Waals surface area contributed by atoms with Crippen LogP contribution in [0.2, 0.25) is 0 Å². The largest absolute Gasteiger partial charge is 0.417 e. The number of amides is 1. The van der Waals surface area contributed by atoms with Gasteiger partial charge in [-0.2, -0.15) is 13.2 Å². The molecule has 114 valence electrons. The van der Waals surface area contributed by atoms with E-state index in [4.69, 9.17) is 0 Å². The summed E-state index contributed by atoms with van der Waals surface area (Å²) in [4.78, 5) is 17.5. The number of piperazine rings is 1. The van der Waals surface area contributed by atoms with Gasteiger partial charge in [-0.25, -0.2) is 4.98 Å². The molecule has 1 saturated carbocycles. The lowest BCUT2D eigenvalue weighted by molar-refractivity contribution is -0.137. The first-order valence-electron chi connectivity index (χ1n) is 7.04. The third-order valence-corrected chi connectivity index (χ3v) is 4.16. The maximum atomic E-state index is 12.6. The van der Waals surface area contributed by atoms with Gasteiger partial charge < -0.3 is 10.2 Å². The van der Waals surface area contributed by atoms with Crippen molar-refractivity contribution < 1.29 is 18.0 Å². The highest BCUT2D eigenvalue weighted by molar-refractivity contribution is 5.83. The Morgan fingerprint density at radius 3 is 2.67 bits per heavy atom. The maximum absolute atomic E-state index is 12.6. The standard InChI is InChI=1S/C14H16F3N3O/c15-14(16,17)9-5-6-12(18-7-9)20-8-13(21)19-10-3-1-2-4-11(10)20/h5-7,10-11H,1-4,8H2,(H,19,21)/t10-,11+/m1/s1. The molecule has 0 radical (unpaired) electrons. The normalized spacial score (nSPS) is 26.2. The highest BCUT2D eigenvalue weighted by Crippen LogP contribution is 2.32. The number of halogens is 3. The Kier molecular flexibility index (Phi) is 3.51. The van der Waals surface area contributed by atoms with Crippen LogP contribution in [0, 0.1) is 0 Å². The number of carbonyl (C=O) groups is 1. The van der Waals surface area contributed by atoms with Crippen LogP contribution in [0.5, 0.6) is 0 Å². The number of nitrogens with zero attached hydrogens (tertiary/aromatic N) is 2. The van der Waals surface area contributed by atoms with Gasteiger partial charge >= 0.3 is 6.18 Å². The van der Waals surface area contributed by atoms with Crippen molar-refractivity contribution >= 4 is 11.7 Å². The smallest absolute Gasteiger partial charge is 0.350 e. The molecule has 0 unspecified atom stereocenters. The van der Waals surface area contributed by atoms with E-state index >= 15 is 0 Å². The number of anilines is 1. The number of carbonyl (C=O) groups excluding carboxylic acids is 1. The number of hydrogen-bond donors (Lipinski definition) is 1. The molecule has 2 heterocycles. The number of nitrogens with one attached hydrogen (secondary N) is 1. The summed E-state index contributed by atoms with van der Waals surface area (Å²) in [6.45, 7) is 0.152. The van der Waals surface area contributed by atoms with Crippen molar-refractivity contribution in [2.45, 2.75) is 43.9 Å². The second kappa shape index (κ2) is 5.20. The Hall–Kier alpha value is -1.79. The van der Waals surface area contributed by atoms with Gasteiger partial charge in [0.2, 0.25) is 5.91 Å². The molecular weight excluding hydrogens is 283 g/mol. The molecular formula is C14H16F3N3O. The molecule has 2 aliphatic rings. The van der Waals surface area contributed by atoms with Gasteiger partial charge in [0.15, 0.2) is 0 Å². The van der Waals surface area contributed by atoms with E-state index in [-0.39, 0.29) is 24.5 Å². The van der Waals surface area contributed by atoms with Crippen molar-refractivity contribution in [3.05, 3.63) is 23.9 Å². The minimum Gasteiger partial charge on any atom is -0.350 e. The number of hydrogen-bond acceptors (Lipinski definition) is 3. The third kappa shape index (κ3) is 2.82. The van der Waals surface area contributed by atoms with E-state index in [0.717, 1.165) is 37.9 Å². The molecule has 1 aliphatic carbocycles. The second-order valence-electron chi connectivity index (χ2n) is 5.56. The number of alkyl halides is 3. The average Bonchev–Trinajstić information content (AvgIpc) is 2.45. The molecule has 1 N–H and O–H groups in total. The van der Waals surface area contributed by atoms with Crippen LogP contribution in [-0.2, 0) is 11.0 Å². The Morgan fingerprint density at radius 2 is 2.00 bits per heavy atom. The first kappa shape index (κ1) is 14.2. The van der Waals surface area contributed by atoms with Crippen LogP contribution in [0.25, 0.3) is 0 Å². The zero-order valence-corrected chi connectivity index (χ0v) is 11.4. The fourth-order valence-electron chi connectivity index (χ4n) is 3.15. The van der Waals surface area contributed by atoms with Crippen molar-refractivity contribution in [2.75, 3.05) is 11.4 Å². The van der Waals surface area contributed by atoms with Crippen molar-refractivity contribution in [3.8, 4) is 0 Å². The van der Waals surface area contributed by atoms with Gasteiger partial charge in [-0.05, 0) is 25.0 Å². The lowest BCUT2D eigenvalue weighted by atomic mass is 9.87. The monoisotopic (exact) mass is 299 g/mol. The van der Waals surface area contributed by atoms with Crippen molar-refractivity contribution in [3.63, 3.8) is 0 Å². The summed E-state index contributed by atoms with van der Waals surface area (Å²) in [6.07, 6.45) is 0.406. The van der Waals surface area contributed by atoms with E-state index in [1.807, 2.05) is 4.90 Å². The lowest BCUT2D eigenvalue weighted by Gasteiger charge is -2.44. The van der Waals surface area contributed by atoms with E-state index in [1.165, 1.54) is 6.07 Å². The summed E-state index contributed by atoms with van der Waals surface area (Å²) >= 11 is 0. The van der Waals surface area contributed by atoms with E-state index < -0.39 is 11.7 Å². The maximum Gasteiger partial charge on any atom is 0.417 e. The Morgan fingerprint density at radius 1 is 1.24 bits per heavy atom. The highest BCUT2D eigenvalue weighted by Gasteiger charge is 2.37. The number of pyridine rings is 1. The second-order valence-corrected chi connectivity index (χ2v) is 5.56. The molecule has 0 aromatic carbocycles. The quantitative estimate of drug-likeness (QED) is 0.866. The zero-order chi connectivity index (χ0) is 15.0. The van der Waals surface area contributed by atoms with Gasteiger partial charge in [-0.15, -0.1) is 0 Å². The molecule has 2 atom stereocenters. The van der Waals surface area contributed by atoms with Crippen LogP contribution in [0.3, 0.4) is 0 Å². The third-order valence-electron chi connectivity index (χ3n) is 4.16. The van der Waals surface area contributed by atoms with Crippen molar-refractivity contribution in [1.82, 2.24) is 10.3 Å². The molecule has 1 saturated heterocycles. The number of rotatable bonds is 1. The van der Waals surface area contributed by atoms with E-state index in [9.17, 15) is 18.0 Å². The van der Waals surface area contributed by atoms with Crippen LogP contribution < -0.4 is 10.2 Å². The van der Waals surface area contributed by atoms with Gasteiger partial charge in [0.1, 0.15) is 5.82 Å². The van der Waals surface area contributed by atoms with Crippen LogP contribution in [-0.4, -0.2) is 29.5 Å². The van der Waals surface area contributed by atoms with Gasteiger partial charge in [-0.1, -0.05) is 12.8 Å². The summed E-state index contributed by atoms with van der Waals surface area (Å²) < 4.78 is 37.7. The van der Waals surface area contributed by atoms with Crippen LogP contribution in [0.1, 0.15) is 31.2 Å². The predicted octanol–water partition coefficient (Wildman–Crippen LogP) is 2.35.